The lowest BCUT2D eigenvalue weighted by molar-refractivity contribution is 0.125. The van der Waals surface area contributed by atoms with Gasteiger partial charge in [0.25, 0.3) is 0 Å². The van der Waals surface area contributed by atoms with Crippen LogP contribution in [0.25, 0.3) is 10.9 Å². The summed E-state index contributed by atoms with van der Waals surface area (Å²) >= 11 is 0. The van der Waals surface area contributed by atoms with Gasteiger partial charge in [0, 0.05) is 16.5 Å². The molecule has 1 atom stereocenters. The largest absolute Gasteiger partial charge is 0.494 e. The average molecular weight is 333 g/mol. The van der Waals surface area contributed by atoms with Crippen molar-refractivity contribution in [1.82, 2.24) is 4.98 Å². The van der Waals surface area contributed by atoms with Crippen LogP contribution in [0.2, 0.25) is 0 Å². The summed E-state index contributed by atoms with van der Waals surface area (Å²) in [5, 5.41) is 15.7. The van der Waals surface area contributed by atoms with Crippen molar-refractivity contribution < 1.29 is 14.7 Å². The van der Waals surface area contributed by atoms with Gasteiger partial charge in [0.1, 0.15) is 24.1 Å². The van der Waals surface area contributed by atoms with E-state index < -0.39 is 0 Å². The number of aromatic hydroxyl groups is 1. The minimum Gasteiger partial charge on any atom is -0.494 e. The maximum Gasteiger partial charge on any atom is 0.199 e. The first kappa shape index (κ1) is 14.2. The van der Waals surface area contributed by atoms with E-state index in [0.29, 0.717) is 30.2 Å². The van der Waals surface area contributed by atoms with E-state index in [-0.39, 0.29) is 12.0 Å². The van der Waals surface area contributed by atoms with Crippen molar-refractivity contribution in [3.8, 4) is 5.88 Å². The zero-order valence-corrected chi connectivity index (χ0v) is 13.3. The number of nitrogens with zero attached hydrogens (tertiary/aromatic N) is 2. The molecule has 6 heteroatoms. The second kappa shape index (κ2) is 5.46. The summed E-state index contributed by atoms with van der Waals surface area (Å²) in [6.07, 6.45) is 0.128. The average Bonchev–Trinajstić information content (AvgIpc) is 3.29. The number of H-pyrrole nitrogens is 1. The van der Waals surface area contributed by atoms with Gasteiger partial charge in [-0.15, -0.1) is 0 Å². The minimum absolute atomic E-state index is 0.0750. The maximum atomic E-state index is 10.5. The fraction of sp³-hybridized carbons (Fsp3) is 0.158. The Balaban J connectivity index is 1.64. The first-order valence-electron chi connectivity index (χ1n) is 8.11. The second-order valence-electron chi connectivity index (χ2n) is 6.06. The van der Waals surface area contributed by atoms with E-state index in [2.05, 4.69) is 10.1 Å². The van der Waals surface area contributed by atoms with E-state index in [0.717, 1.165) is 22.2 Å². The number of hydrogen-bond acceptors (Lipinski definition) is 5. The molecule has 1 unspecified atom stereocenters. The van der Waals surface area contributed by atoms with E-state index in [9.17, 15) is 5.11 Å². The minimum atomic E-state index is 0.0750. The van der Waals surface area contributed by atoms with E-state index in [4.69, 9.17) is 14.6 Å². The van der Waals surface area contributed by atoms with Crippen molar-refractivity contribution in [2.24, 2.45) is 10.1 Å². The van der Waals surface area contributed by atoms with Gasteiger partial charge < -0.3 is 19.7 Å². The Bertz CT molecular complexity index is 1030. The van der Waals surface area contributed by atoms with E-state index in [1.54, 1.807) is 0 Å². The Kier molecular flexibility index (Phi) is 3.11. The van der Waals surface area contributed by atoms with Gasteiger partial charge in [0.2, 0.25) is 0 Å². The van der Waals surface area contributed by atoms with Crippen LogP contribution in [0.15, 0.2) is 58.7 Å². The van der Waals surface area contributed by atoms with Crippen LogP contribution in [0.4, 0.5) is 5.69 Å². The second-order valence-corrected chi connectivity index (χ2v) is 6.06. The van der Waals surface area contributed by atoms with Crippen LogP contribution in [0.3, 0.4) is 0 Å². The third-order valence-electron chi connectivity index (χ3n) is 4.36. The van der Waals surface area contributed by atoms with Crippen molar-refractivity contribution in [3.05, 3.63) is 59.7 Å². The number of aromatic amines is 1. The topological polar surface area (TPSA) is 82.5 Å². The Morgan fingerprint density at radius 3 is 2.88 bits per heavy atom. The van der Waals surface area contributed by atoms with Crippen LogP contribution >= 0.6 is 0 Å². The van der Waals surface area contributed by atoms with Crippen LogP contribution in [0, 0.1) is 0 Å². The number of para-hydroxylation sites is 2. The summed E-state index contributed by atoms with van der Waals surface area (Å²) in [5.74, 6) is 0.0750. The van der Waals surface area contributed by atoms with Crippen molar-refractivity contribution in [2.75, 3.05) is 13.2 Å². The Labute approximate surface area is 143 Å². The SMILES string of the molecule is Oc1[nH]c2ccccc2c1C1=Nc2ccccc2/C1=N/OCC1CO1. The van der Waals surface area contributed by atoms with Gasteiger partial charge >= 0.3 is 0 Å². The zero-order chi connectivity index (χ0) is 16.8. The molecule has 124 valence electrons. The molecule has 3 aromatic rings. The van der Waals surface area contributed by atoms with Gasteiger partial charge in [-0.05, 0) is 12.1 Å². The van der Waals surface area contributed by atoms with Crippen molar-refractivity contribution in [1.29, 1.82) is 0 Å². The van der Waals surface area contributed by atoms with Gasteiger partial charge in [-0.3, -0.25) is 0 Å². The molecule has 5 rings (SSSR count). The summed E-state index contributed by atoms with van der Waals surface area (Å²) in [5.41, 5.74) is 4.41. The smallest absolute Gasteiger partial charge is 0.199 e. The lowest BCUT2D eigenvalue weighted by Crippen LogP contribution is -2.14. The van der Waals surface area contributed by atoms with Crippen LogP contribution in [0.1, 0.15) is 11.1 Å². The Morgan fingerprint density at radius 1 is 1.20 bits per heavy atom. The van der Waals surface area contributed by atoms with Gasteiger partial charge in [0.15, 0.2) is 5.88 Å². The van der Waals surface area contributed by atoms with Gasteiger partial charge in [-0.2, -0.15) is 0 Å². The molecule has 0 radical (unpaired) electrons. The summed E-state index contributed by atoms with van der Waals surface area (Å²) < 4.78 is 5.15. The Morgan fingerprint density at radius 2 is 2.00 bits per heavy atom. The first-order valence-corrected chi connectivity index (χ1v) is 8.11. The molecule has 25 heavy (non-hydrogen) atoms. The normalized spacial score (nSPS) is 19.9. The van der Waals surface area contributed by atoms with E-state index in [1.807, 2.05) is 48.5 Å². The fourth-order valence-electron chi connectivity index (χ4n) is 3.06. The molecule has 0 spiro atoms. The number of rotatable bonds is 4. The highest BCUT2D eigenvalue weighted by Gasteiger charge is 2.29. The molecule has 0 aliphatic carbocycles. The summed E-state index contributed by atoms with van der Waals surface area (Å²) in [4.78, 5) is 13.2. The number of fused-ring (bicyclic) bond motifs is 2. The molecular weight excluding hydrogens is 318 g/mol. The molecule has 2 aromatic carbocycles. The number of hydrogen-bond donors (Lipinski definition) is 2. The van der Waals surface area contributed by atoms with E-state index in [1.165, 1.54) is 0 Å². The lowest BCUT2D eigenvalue weighted by atomic mass is 10.0. The van der Waals surface area contributed by atoms with E-state index >= 15 is 0 Å². The maximum absolute atomic E-state index is 10.5. The van der Waals surface area contributed by atoms with Gasteiger partial charge in [-0.1, -0.05) is 41.6 Å². The highest BCUT2D eigenvalue weighted by atomic mass is 16.7. The fourth-order valence-corrected chi connectivity index (χ4v) is 3.06. The number of epoxide rings is 1. The molecule has 0 amide bonds. The molecule has 2 aliphatic rings. The highest BCUT2D eigenvalue weighted by Crippen LogP contribution is 2.35. The number of benzene rings is 2. The van der Waals surface area contributed by atoms with Crippen LogP contribution in [-0.4, -0.2) is 40.8 Å². The molecule has 0 bridgehead atoms. The summed E-state index contributed by atoms with van der Waals surface area (Å²) in [6.45, 7) is 1.13. The monoisotopic (exact) mass is 333 g/mol. The molecule has 2 aliphatic heterocycles. The standard InChI is InChI=1S/C19H15N3O3/c23-19-16(12-5-1-3-7-14(12)21-19)18-17(22-25-10-11-9-24-11)13-6-2-4-8-15(13)20-18/h1-8,11,21,23H,9-10H2/b22-17-. The number of aromatic nitrogens is 1. The zero-order valence-electron chi connectivity index (χ0n) is 13.3. The number of aliphatic imine (C=N–C) groups is 1. The molecule has 1 saturated heterocycles. The third kappa shape index (κ3) is 2.38. The predicted molar refractivity (Wildman–Crippen MR) is 94.8 cm³/mol. The van der Waals surface area contributed by atoms with Crippen molar-refractivity contribution in [3.63, 3.8) is 0 Å². The van der Waals surface area contributed by atoms with Gasteiger partial charge in [0.05, 0.1) is 17.9 Å². The van der Waals surface area contributed by atoms with Crippen LogP contribution in [0.5, 0.6) is 5.88 Å². The molecule has 3 heterocycles. The van der Waals surface area contributed by atoms with Crippen molar-refractivity contribution in [2.45, 2.75) is 6.10 Å². The predicted octanol–water partition coefficient (Wildman–Crippen LogP) is 3.13. The lowest BCUT2D eigenvalue weighted by Gasteiger charge is -2.04. The number of oxime groups is 1. The van der Waals surface area contributed by atoms with Gasteiger partial charge in [-0.25, -0.2) is 4.99 Å². The first-order chi connectivity index (χ1) is 12.3. The molecular formula is C19H15N3O3. The van der Waals surface area contributed by atoms with Crippen LogP contribution < -0.4 is 0 Å². The number of nitrogens with one attached hydrogen (secondary N) is 1. The third-order valence-corrected chi connectivity index (χ3v) is 4.36. The number of ether oxygens (including phenoxy) is 1. The summed E-state index contributed by atoms with van der Waals surface area (Å²) in [7, 11) is 0. The van der Waals surface area contributed by atoms with Crippen molar-refractivity contribution >= 4 is 28.0 Å². The molecule has 0 saturated carbocycles. The molecule has 1 aromatic heterocycles. The summed E-state index contributed by atoms with van der Waals surface area (Å²) in [6, 6.07) is 15.5. The molecule has 1 fully saturated rings. The quantitative estimate of drug-likeness (QED) is 0.568. The Hall–Kier alpha value is -3.12. The highest BCUT2D eigenvalue weighted by molar-refractivity contribution is 6.58. The van der Waals surface area contributed by atoms with Crippen LogP contribution in [-0.2, 0) is 9.57 Å². The molecule has 6 nitrogen and oxygen atoms in total. The molecule has 2 N–H and O–H groups in total.